The van der Waals surface area contributed by atoms with E-state index in [2.05, 4.69) is 5.32 Å². The van der Waals surface area contributed by atoms with E-state index in [4.69, 9.17) is 0 Å². The van der Waals surface area contributed by atoms with E-state index in [0.29, 0.717) is 13.1 Å². The van der Waals surface area contributed by atoms with E-state index in [1.54, 1.807) is 4.90 Å². The van der Waals surface area contributed by atoms with Gasteiger partial charge in [0.25, 0.3) is 0 Å². The molecule has 0 heterocycles. The molecule has 2 aromatic carbocycles. The summed E-state index contributed by atoms with van der Waals surface area (Å²) in [7, 11) is 0. The molecule has 1 N–H and O–H groups in total. The van der Waals surface area contributed by atoms with Crippen LogP contribution in [0.4, 0.5) is 0 Å². The summed E-state index contributed by atoms with van der Waals surface area (Å²) in [5.41, 5.74) is 4.38. The quantitative estimate of drug-likeness (QED) is 0.888. The minimum absolute atomic E-state index is 0.0650. The predicted molar refractivity (Wildman–Crippen MR) is 95.3 cm³/mol. The molecule has 0 aromatic heterocycles. The highest BCUT2D eigenvalue weighted by Crippen LogP contribution is 2.10. The number of rotatable bonds is 6. The fourth-order valence-corrected chi connectivity index (χ4v) is 2.52. The zero-order chi connectivity index (χ0) is 17.5. The predicted octanol–water partition coefficient (Wildman–Crippen LogP) is 2.97. The number of amides is 2. The van der Waals surface area contributed by atoms with Gasteiger partial charge in [-0.05, 0) is 30.5 Å². The maximum Gasteiger partial charge on any atom is 0.239 e. The van der Waals surface area contributed by atoms with Gasteiger partial charge in [-0.1, -0.05) is 54.1 Å². The third-order valence-corrected chi connectivity index (χ3v) is 3.97. The highest BCUT2D eigenvalue weighted by atomic mass is 16.2. The van der Waals surface area contributed by atoms with Crippen LogP contribution < -0.4 is 5.32 Å². The molecule has 2 amide bonds. The van der Waals surface area contributed by atoms with Gasteiger partial charge < -0.3 is 10.2 Å². The third-order valence-electron chi connectivity index (χ3n) is 3.97. The van der Waals surface area contributed by atoms with Crippen molar-refractivity contribution >= 4 is 11.8 Å². The van der Waals surface area contributed by atoms with Crippen molar-refractivity contribution in [3.05, 3.63) is 70.8 Å². The molecule has 0 saturated heterocycles. The van der Waals surface area contributed by atoms with Gasteiger partial charge in [-0.25, -0.2) is 0 Å². The smallest absolute Gasteiger partial charge is 0.239 e. The number of carbonyl (C=O) groups is 2. The first-order chi connectivity index (χ1) is 11.5. The van der Waals surface area contributed by atoms with E-state index in [0.717, 1.165) is 22.3 Å². The van der Waals surface area contributed by atoms with Gasteiger partial charge in [0.15, 0.2) is 0 Å². The van der Waals surface area contributed by atoms with E-state index in [-0.39, 0.29) is 18.4 Å². The average molecular weight is 324 g/mol. The molecule has 0 unspecified atom stereocenters. The molecule has 0 aliphatic heterocycles. The van der Waals surface area contributed by atoms with Crippen molar-refractivity contribution in [1.29, 1.82) is 0 Å². The molecule has 0 fully saturated rings. The first kappa shape index (κ1) is 17.7. The molecule has 0 spiro atoms. The molecular formula is C20H24N2O2. The number of nitrogens with zero attached hydrogens (tertiary/aromatic N) is 1. The Morgan fingerprint density at radius 3 is 2.46 bits per heavy atom. The van der Waals surface area contributed by atoms with Gasteiger partial charge in [0.05, 0.1) is 6.54 Å². The average Bonchev–Trinajstić information content (AvgIpc) is 2.54. The van der Waals surface area contributed by atoms with E-state index in [1.807, 2.05) is 62.4 Å². The number of benzene rings is 2. The second-order valence-corrected chi connectivity index (χ2v) is 6.07. The maximum atomic E-state index is 12.2. The van der Waals surface area contributed by atoms with Crippen LogP contribution in [0.25, 0.3) is 0 Å². The largest absolute Gasteiger partial charge is 0.350 e. The first-order valence-electron chi connectivity index (χ1n) is 8.08. The summed E-state index contributed by atoms with van der Waals surface area (Å²) in [5.74, 6) is -0.260. The number of hydrogen-bond acceptors (Lipinski definition) is 2. The molecule has 0 radical (unpaired) electrons. The van der Waals surface area contributed by atoms with Crippen LogP contribution in [-0.2, 0) is 22.7 Å². The minimum atomic E-state index is -0.153. The van der Waals surface area contributed by atoms with Crippen LogP contribution in [0.1, 0.15) is 29.2 Å². The topological polar surface area (TPSA) is 49.4 Å². The van der Waals surface area contributed by atoms with Crippen molar-refractivity contribution in [3.63, 3.8) is 0 Å². The van der Waals surface area contributed by atoms with Crippen molar-refractivity contribution < 1.29 is 9.59 Å². The Kier molecular flexibility index (Phi) is 6.13. The van der Waals surface area contributed by atoms with Crippen molar-refractivity contribution in [2.45, 2.75) is 33.9 Å². The summed E-state index contributed by atoms with van der Waals surface area (Å²) >= 11 is 0. The van der Waals surface area contributed by atoms with Gasteiger partial charge in [0, 0.05) is 20.0 Å². The first-order valence-corrected chi connectivity index (χ1v) is 8.08. The lowest BCUT2D eigenvalue weighted by atomic mass is 10.1. The zero-order valence-electron chi connectivity index (χ0n) is 14.5. The Morgan fingerprint density at radius 2 is 1.79 bits per heavy atom. The minimum Gasteiger partial charge on any atom is -0.350 e. The summed E-state index contributed by atoms with van der Waals surface area (Å²) < 4.78 is 0. The van der Waals surface area contributed by atoms with Gasteiger partial charge in [-0.3, -0.25) is 9.59 Å². The van der Waals surface area contributed by atoms with Gasteiger partial charge in [0.1, 0.15) is 0 Å². The van der Waals surface area contributed by atoms with Crippen LogP contribution in [0, 0.1) is 13.8 Å². The SMILES string of the molecule is CC(=O)N(CC(=O)NCc1cccc(C)c1)Cc1ccccc1C. The van der Waals surface area contributed by atoms with Crippen LogP contribution in [0.3, 0.4) is 0 Å². The Labute approximate surface area is 143 Å². The van der Waals surface area contributed by atoms with E-state index >= 15 is 0 Å². The highest BCUT2D eigenvalue weighted by Gasteiger charge is 2.14. The maximum absolute atomic E-state index is 12.2. The lowest BCUT2D eigenvalue weighted by Crippen LogP contribution is -2.39. The monoisotopic (exact) mass is 324 g/mol. The normalized spacial score (nSPS) is 10.3. The van der Waals surface area contributed by atoms with Gasteiger partial charge >= 0.3 is 0 Å². The molecule has 126 valence electrons. The molecule has 0 bridgehead atoms. The molecule has 4 heteroatoms. The second kappa shape index (κ2) is 8.29. The van der Waals surface area contributed by atoms with E-state index in [9.17, 15) is 9.59 Å². The van der Waals surface area contributed by atoms with Gasteiger partial charge in [0.2, 0.25) is 11.8 Å². The van der Waals surface area contributed by atoms with Crippen molar-refractivity contribution in [1.82, 2.24) is 10.2 Å². The summed E-state index contributed by atoms with van der Waals surface area (Å²) in [6.07, 6.45) is 0. The third kappa shape index (κ3) is 5.23. The summed E-state index contributed by atoms with van der Waals surface area (Å²) in [6, 6.07) is 15.9. The Morgan fingerprint density at radius 1 is 1.04 bits per heavy atom. The fourth-order valence-electron chi connectivity index (χ4n) is 2.52. The Balaban J connectivity index is 1.94. The fraction of sp³-hybridized carbons (Fsp3) is 0.300. The Hall–Kier alpha value is -2.62. The molecule has 2 rings (SSSR count). The van der Waals surface area contributed by atoms with E-state index in [1.165, 1.54) is 6.92 Å². The van der Waals surface area contributed by atoms with Crippen LogP contribution >= 0.6 is 0 Å². The zero-order valence-corrected chi connectivity index (χ0v) is 14.5. The molecular weight excluding hydrogens is 300 g/mol. The van der Waals surface area contributed by atoms with Crippen LogP contribution in [0.5, 0.6) is 0 Å². The van der Waals surface area contributed by atoms with Crippen molar-refractivity contribution in [3.8, 4) is 0 Å². The molecule has 0 aliphatic rings. The number of aryl methyl sites for hydroxylation is 2. The molecule has 24 heavy (non-hydrogen) atoms. The Bertz CT molecular complexity index is 725. The number of nitrogens with one attached hydrogen (secondary N) is 1. The van der Waals surface area contributed by atoms with E-state index < -0.39 is 0 Å². The summed E-state index contributed by atoms with van der Waals surface area (Å²) in [4.78, 5) is 25.6. The lowest BCUT2D eigenvalue weighted by molar-refractivity contribution is -0.135. The van der Waals surface area contributed by atoms with Gasteiger partial charge in [-0.15, -0.1) is 0 Å². The highest BCUT2D eigenvalue weighted by molar-refractivity contribution is 5.83. The van der Waals surface area contributed by atoms with Crippen molar-refractivity contribution in [2.24, 2.45) is 0 Å². The molecule has 0 aliphatic carbocycles. The molecule has 2 aromatic rings. The van der Waals surface area contributed by atoms with Gasteiger partial charge in [-0.2, -0.15) is 0 Å². The standard InChI is InChI=1S/C20H24N2O2/c1-15-7-6-9-18(11-15)12-21-20(24)14-22(17(3)23)13-19-10-5-4-8-16(19)2/h4-11H,12-14H2,1-3H3,(H,21,24). The number of carbonyl (C=O) groups excluding carboxylic acids is 2. The summed E-state index contributed by atoms with van der Waals surface area (Å²) in [5, 5.41) is 2.88. The van der Waals surface area contributed by atoms with Crippen LogP contribution in [0.2, 0.25) is 0 Å². The van der Waals surface area contributed by atoms with Crippen LogP contribution in [0.15, 0.2) is 48.5 Å². The van der Waals surface area contributed by atoms with Crippen LogP contribution in [-0.4, -0.2) is 23.3 Å². The molecule has 0 saturated carbocycles. The second-order valence-electron chi connectivity index (χ2n) is 6.07. The number of hydrogen-bond donors (Lipinski definition) is 1. The molecule has 0 atom stereocenters. The molecule has 4 nitrogen and oxygen atoms in total. The lowest BCUT2D eigenvalue weighted by Gasteiger charge is -2.21. The van der Waals surface area contributed by atoms with Crippen molar-refractivity contribution in [2.75, 3.05) is 6.54 Å². The summed E-state index contributed by atoms with van der Waals surface area (Å²) in [6.45, 7) is 6.49.